The molecule has 0 bridgehead atoms. The zero-order valence-electron chi connectivity index (χ0n) is 15.6. The van der Waals surface area contributed by atoms with Gasteiger partial charge in [0.15, 0.2) is 6.17 Å². The molecule has 5 nitrogen and oxygen atoms in total. The summed E-state index contributed by atoms with van der Waals surface area (Å²) in [7, 11) is 0. The second-order valence-corrected chi connectivity index (χ2v) is 7.75. The van der Waals surface area contributed by atoms with Gasteiger partial charge in [0, 0.05) is 21.7 Å². The number of carbonyl (C=O) groups excluding carboxylic acids is 1. The molecule has 7 heteroatoms. The Morgan fingerprint density at radius 2 is 1.70 bits per heavy atom. The first kappa shape index (κ1) is 18.7. The highest BCUT2D eigenvalue weighted by Gasteiger charge is 2.35. The summed E-state index contributed by atoms with van der Waals surface area (Å²) in [6.45, 7) is 0. The lowest BCUT2D eigenvalue weighted by molar-refractivity contribution is 0.0733. The maximum absolute atomic E-state index is 13.4. The summed E-state index contributed by atoms with van der Waals surface area (Å²) in [4.78, 5) is 17.9. The zero-order valence-corrected chi connectivity index (χ0v) is 17.2. The van der Waals surface area contributed by atoms with E-state index in [0.29, 0.717) is 21.3 Å². The van der Waals surface area contributed by atoms with Gasteiger partial charge in [-0.3, -0.25) is 10.2 Å². The van der Waals surface area contributed by atoms with Crippen molar-refractivity contribution < 1.29 is 4.79 Å². The van der Waals surface area contributed by atoms with Gasteiger partial charge < -0.3 is 5.32 Å². The molecule has 1 amide bonds. The molecule has 1 atom stereocenters. The van der Waals surface area contributed by atoms with E-state index in [0.717, 1.165) is 22.3 Å². The van der Waals surface area contributed by atoms with Gasteiger partial charge in [0.2, 0.25) is 0 Å². The Balaban J connectivity index is 1.65. The molecule has 0 spiro atoms. The topological polar surface area (TPSA) is 57.3 Å². The number of anilines is 2. The van der Waals surface area contributed by atoms with Gasteiger partial charge in [-0.05, 0) is 48.5 Å². The van der Waals surface area contributed by atoms with Crippen LogP contribution >= 0.6 is 23.2 Å². The number of amides is 1. The molecule has 1 aliphatic rings. The summed E-state index contributed by atoms with van der Waals surface area (Å²) >= 11 is 12.7. The van der Waals surface area contributed by atoms with Gasteiger partial charge in [0.1, 0.15) is 5.15 Å². The van der Waals surface area contributed by atoms with Crippen LogP contribution in [0.25, 0.3) is 10.9 Å². The van der Waals surface area contributed by atoms with Crippen LogP contribution in [0.1, 0.15) is 22.1 Å². The van der Waals surface area contributed by atoms with Crippen LogP contribution in [0.3, 0.4) is 0 Å². The molecule has 2 N–H and O–H groups in total. The number of para-hydroxylation sites is 2. The standard InChI is InChI=1S/C23H16Cl2N4O/c24-15-10-11-19-14(12-15)13-18(21(25)26-19)22-27-20-9-5-4-8-17(20)23(30)29(22)28-16-6-2-1-3-7-16/h1-13,22,27-28H. The number of benzene rings is 3. The van der Waals surface area contributed by atoms with Crippen molar-refractivity contribution in [3.63, 3.8) is 0 Å². The van der Waals surface area contributed by atoms with Gasteiger partial charge in [-0.1, -0.05) is 53.5 Å². The predicted octanol–water partition coefficient (Wildman–Crippen LogP) is 6.14. The SMILES string of the molecule is O=C1c2ccccc2NC(c2cc3cc(Cl)ccc3nc2Cl)N1Nc1ccccc1. The first-order valence-electron chi connectivity index (χ1n) is 9.37. The number of nitrogens with zero attached hydrogens (tertiary/aromatic N) is 2. The lowest BCUT2D eigenvalue weighted by atomic mass is 10.0. The minimum Gasteiger partial charge on any atom is -0.359 e. The van der Waals surface area contributed by atoms with E-state index in [2.05, 4.69) is 15.7 Å². The highest BCUT2D eigenvalue weighted by molar-refractivity contribution is 6.32. The number of halogens is 2. The van der Waals surface area contributed by atoms with E-state index in [-0.39, 0.29) is 5.91 Å². The Morgan fingerprint density at radius 1 is 0.933 bits per heavy atom. The molecule has 0 radical (unpaired) electrons. The molecule has 0 aliphatic carbocycles. The molecule has 1 unspecified atom stereocenters. The number of hydrogen-bond donors (Lipinski definition) is 2. The Kier molecular flexibility index (Phi) is 4.69. The number of nitrogens with one attached hydrogen (secondary N) is 2. The number of aromatic nitrogens is 1. The summed E-state index contributed by atoms with van der Waals surface area (Å²) in [6, 6.07) is 24.2. The average Bonchev–Trinajstić information content (AvgIpc) is 2.76. The molecule has 4 aromatic rings. The average molecular weight is 435 g/mol. The van der Waals surface area contributed by atoms with Crippen molar-refractivity contribution in [3.8, 4) is 0 Å². The maximum Gasteiger partial charge on any atom is 0.276 e. The number of fused-ring (bicyclic) bond motifs is 2. The lowest BCUT2D eigenvalue weighted by Gasteiger charge is -2.38. The molecule has 1 aromatic heterocycles. The molecular weight excluding hydrogens is 419 g/mol. The normalized spacial score (nSPS) is 15.6. The molecule has 3 aromatic carbocycles. The third kappa shape index (κ3) is 3.32. The van der Waals surface area contributed by atoms with Crippen molar-refractivity contribution in [1.29, 1.82) is 0 Å². The summed E-state index contributed by atoms with van der Waals surface area (Å²) in [5.74, 6) is -0.166. The van der Waals surface area contributed by atoms with E-state index >= 15 is 0 Å². The fourth-order valence-corrected chi connectivity index (χ4v) is 4.00. The van der Waals surface area contributed by atoms with E-state index in [4.69, 9.17) is 23.2 Å². The molecule has 0 fully saturated rings. The lowest BCUT2D eigenvalue weighted by Crippen LogP contribution is -2.46. The Hall–Kier alpha value is -3.28. The monoisotopic (exact) mass is 434 g/mol. The number of hydrazine groups is 1. The van der Waals surface area contributed by atoms with Crippen molar-refractivity contribution in [1.82, 2.24) is 9.99 Å². The number of rotatable bonds is 3. The minimum atomic E-state index is -0.573. The second kappa shape index (κ2) is 7.52. The van der Waals surface area contributed by atoms with Crippen LogP contribution in [0.2, 0.25) is 10.2 Å². The first-order chi connectivity index (χ1) is 14.6. The maximum atomic E-state index is 13.4. The third-order valence-corrected chi connectivity index (χ3v) is 5.54. The van der Waals surface area contributed by atoms with Crippen LogP contribution in [0.4, 0.5) is 11.4 Å². The van der Waals surface area contributed by atoms with Gasteiger partial charge in [-0.15, -0.1) is 0 Å². The highest BCUT2D eigenvalue weighted by Crippen LogP contribution is 2.37. The summed E-state index contributed by atoms with van der Waals surface area (Å²) in [6.07, 6.45) is -0.573. The van der Waals surface area contributed by atoms with Gasteiger partial charge in [0.25, 0.3) is 5.91 Å². The van der Waals surface area contributed by atoms with Crippen molar-refractivity contribution >= 4 is 51.4 Å². The molecule has 1 aliphatic heterocycles. The van der Waals surface area contributed by atoms with Crippen LogP contribution in [0.5, 0.6) is 0 Å². The van der Waals surface area contributed by atoms with Crippen LogP contribution in [0.15, 0.2) is 78.9 Å². The van der Waals surface area contributed by atoms with Gasteiger partial charge in [-0.25, -0.2) is 9.99 Å². The van der Waals surface area contributed by atoms with Crippen molar-refractivity contribution in [2.24, 2.45) is 0 Å². The van der Waals surface area contributed by atoms with E-state index in [1.54, 1.807) is 12.1 Å². The largest absolute Gasteiger partial charge is 0.359 e. The second-order valence-electron chi connectivity index (χ2n) is 6.95. The number of pyridine rings is 1. The summed E-state index contributed by atoms with van der Waals surface area (Å²) in [5.41, 5.74) is 6.71. The van der Waals surface area contributed by atoms with Gasteiger partial charge >= 0.3 is 0 Å². The molecule has 30 heavy (non-hydrogen) atoms. The van der Waals surface area contributed by atoms with Gasteiger partial charge in [0.05, 0.1) is 16.8 Å². The summed E-state index contributed by atoms with van der Waals surface area (Å²) in [5, 5.41) is 6.72. The molecule has 2 heterocycles. The first-order valence-corrected chi connectivity index (χ1v) is 10.1. The van der Waals surface area contributed by atoms with Crippen molar-refractivity contribution in [2.75, 3.05) is 10.7 Å². The fraction of sp³-hybridized carbons (Fsp3) is 0.0435. The molecule has 0 saturated carbocycles. The quantitative estimate of drug-likeness (QED) is 0.380. The molecule has 5 rings (SSSR count). The Bertz CT molecular complexity index is 1260. The predicted molar refractivity (Wildman–Crippen MR) is 121 cm³/mol. The molecule has 0 saturated heterocycles. The van der Waals surface area contributed by atoms with E-state index < -0.39 is 6.17 Å². The van der Waals surface area contributed by atoms with Crippen molar-refractivity contribution in [3.05, 3.63) is 100 Å². The smallest absolute Gasteiger partial charge is 0.276 e. The fourth-order valence-electron chi connectivity index (χ4n) is 3.57. The number of hydrogen-bond acceptors (Lipinski definition) is 4. The summed E-state index contributed by atoms with van der Waals surface area (Å²) < 4.78 is 0. The van der Waals surface area contributed by atoms with E-state index in [9.17, 15) is 4.79 Å². The molecular formula is C23H16Cl2N4O. The molecule has 148 valence electrons. The third-order valence-electron chi connectivity index (χ3n) is 5.00. The zero-order chi connectivity index (χ0) is 20.7. The highest BCUT2D eigenvalue weighted by atomic mass is 35.5. The Morgan fingerprint density at radius 3 is 2.53 bits per heavy atom. The minimum absolute atomic E-state index is 0.166. The van der Waals surface area contributed by atoms with Crippen LogP contribution in [-0.4, -0.2) is 15.9 Å². The Labute approximate surface area is 183 Å². The van der Waals surface area contributed by atoms with E-state index in [1.165, 1.54) is 5.01 Å². The van der Waals surface area contributed by atoms with E-state index in [1.807, 2.05) is 66.7 Å². The van der Waals surface area contributed by atoms with Crippen molar-refractivity contribution in [2.45, 2.75) is 6.17 Å². The van der Waals surface area contributed by atoms with Crippen LogP contribution < -0.4 is 10.7 Å². The number of carbonyl (C=O) groups is 1. The van der Waals surface area contributed by atoms with Crippen LogP contribution in [-0.2, 0) is 0 Å². The van der Waals surface area contributed by atoms with Crippen LogP contribution in [0, 0.1) is 0 Å². The van der Waals surface area contributed by atoms with Gasteiger partial charge in [-0.2, -0.15) is 0 Å².